The van der Waals surface area contributed by atoms with Crippen molar-refractivity contribution < 1.29 is 45.2 Å². The molecule has 1 aliphatic heterocycles. The van der Waals surface area contributed by atoms with Gasteiger partial charge >= 0.3 is 0 Å². The zero-order chi connectivity index (χ0) is 21.5. The van der Waals surface area contributed by atoms with Crippen LogP contribution in [0.25, 0.3) is 0 Å². The van der Waals surface area contributed by atoms with E-state index in [9.17, 15) is 35.7 Å². The molecule has 0 bridgehead atoms. The molecule has 0 aromatic rings. The van der Waals surface area contributed by atoms with Gasteiger partial charge in [-0.2, -0.15) is 0 Å². The van der Waals surface area contributed by atoms with E-state index in [2.05, 4.69) is 0 Å². The molecule has 0 aromatic heterocycles. The monoisotopic (exact) mass is 406 g/mol. The molecule has 2 fully saturated rings. The predicted molar refractivity (Wildman–Crippen MR) is 98.0 cm³/mol. The van der Waals surface area contributed by atoms with Gasteiger partial charge in [-0.3, -0.25) is 0 Å². The highest BCUT2D eigenvalue weighted by Gasteiger charge is 2.59. The zero-order valence-corrected chi connectivity index (χ0v) is 16.8. The van der Waals surface area contributed by atoms with Crippen molar-refractivity contribution in [1.29, 1.82) is 0 Å². The Labute approximate surface area is 164 Å². The van der Waals surface area contributed by atoms with E-state index in [0.29, 0.717) is 0 Å². The van der Waals surface area contributed by atoms with Crippen molar-refractivity contribution in [2.24, 2.45) is 5.41 Å². The molecule has 9 heteroatoms. The quantitative estimate of drug-likeness (QED) is 0.267. The minimum atomic E-state index is -1.65. The average Bonchev–Trinajstić information content (AvgIpc) is 2.57. The fourth-order valence-corrected chi connectivity index (χ4v) is 4.27. The Morgan fingerprint density at radius 3 is 2.18 bits per heavy atom. The lowest BCUT2D eigenvalue weighted by Crippen LogP contribution is -2.66. The maximum absolute atomic E-state index is 11.2. The van der Waals surface area contributed by atoms with Gasteiger partial charge in [0.2, 0.25) is 0 Å². The van der Waals surface area contributed by atoms with Crippen LogP contribution < -0.4 is 0 Å². The summed E-state index contributed by atoms with van der Waals surface area (Å²) in [6, 6.07) is 0. The summed E-state index contributed by atoms with van der Waals surface area (Å²) in [6.45, 7) is 5.93. The topological polar surface area (TPSA) is 160 Å². The number of hydrogen-bond acceptors (Lipinski definition) is 9. The summed E-state index contributed by atoms with van der Waals surface area (Å²) >= 11 is 0. The van der Waals surface area contributed by atoms with Gasteiger partial charge in [0, 0.05) is 11.8 Å². The summed E-state index contributed by atoms with van der Waals surface area (Å²) in [5.41, 5.74) is -4.15. The van der Waals surface area contributed by atoms with E-state index in [0.717, 1.165) is 0 Å². The van der Waals surface area contributed by atoms with E-state index in [1.165, 1.54) is 26.0 Å². The smallest absolute Gasteiger partial charge is 0.186 e. The Morgan fingerprint density at radius 1 is 1.07 bits per heavy atom. The first kappa shape index (κ1) is 23.7. The van der Waals surface area contributed by atoms with Gasteiger partial charge in [0.1, 0.15) is 30.0 Å². The molecule has 9 atom stereocenters. The van der Waals surface area contributed by atoms with Crippen LogP contribution in [0.3, 0.4) is 0 Å². The standard InChI is InChI=1S/C19H34O9/c1-10(21)5-6-19(26)17(2,3)7-11(8-18(19,4)25)27-16-15(24)14(23)13(22)12(9-20)28-16/h5-6,10-16,20-26H,7-9H2,1-4H3/b6-5+/t10-,11-,12+,13-,14-,15+,16+,18+,19+/m0/s1. The summed E-state index contributed by atoms with van der Waals surface area (Å²) in [4.78, 5) is 0. The molecule has 0 spiro atoms. The van der Waals surface area contributed by atoms with Gasteiger partial charge in [-0.1, -0.05) is 26.0 Å². The average molecular weight is 406 g/mol. The van der Waals surface area contributed by atoms with Gasteiger partial charge in [0.25, 0.3) is 0 Å². The third-order valence-electron chi connectivity index (χ3n) is 6.01. The summed E-state index contributed by atoms with van der Waals surface area (Å²) in [5, 5.41) is 71.0. The van der Waals surface area contributed by atoms with Crippen molar-refractivity contribution >= 4 is 0 Å². The molecular weight excluding hydrogens is 372 g/mol. The lowest BCUT2D eigenvalue weighted by atomic mass is 9.57. The van der Waals surface area contributed by atoms with Crippen molar-refractivity contribution in [2.45, 2.75) is 94.7 Å². The number of ether oxygens (including phenoxy) is 2. The lowest BCUT2D eigenvalue weighted by Gasteiger charge is -2.56. The molecule has 9 nitrogen and oxygen atoms in total. The van der Waals surface area contributed by atoms with Crippen LogP contribution in [0.5, 0.6) is 0 Å². The Balaban J connectivity index is 2.20. The van der Waals surface area contributed by atoms with E-state index in [1.807, 2.05) is 0 Å². The van der Waals surface area contributed by atoms with Gasteiger partial charge in [0.05, 0.1) is 24.4 Å². The molecule has 28 heavy (non-hydrogen) atoms. The molecule has 1 aliphatic carbocycles. The first-order valence-corrected chi connectivity index (χ1v) is 9.54. The molecule has 2 rings (SSSR count). The van der Waals surface area contributed by atoms with Gasteiger partial charge in [-0.25, -0.2) is 0 Å². The van der Waals surface area contributed by atoms with Crippen LogP contribution in [0.15, 0.2) is 12.2 Å². The van der Waals surface area contributed by atoms with E-state index < -0.39 is 66.1 Å². The summed E-state index contributed by atoms with van der Waals surface area (Å²) in [6.07, 6.45) is -5.34. The highest BCUT2D eigenvalue weighted by molar-refractivity contribution is 5.21. The van der Waals surface area contributed by atoms with Crippen LogP contribution in [0.4, 0.5) is 0 Å². The van der Waals surface area contributed by atoms with Crippen LogP contribution >= 0.6 is 0 Å². The molecule has 1 saturated heterocycles. The van der Waals surface area contributed by atoms with Crippen molar-refractivity contribution in [3.05, 3.63) is 12.2 Å². The van der Waals surface area contributed by atoms with Gasteiger partial charge in [-0.05, 0) is 20.3 Å². The SMILES string of the molecule is C[C@H](O)/C=C/[C@@]1(O)C(C)(C)C[C@H](O[C@@H]2O[C@H](CO)[C@H](O)[C@H](O)[C@H]2O)C[C@@]1(C)O. The van der Waals surface area contributed by atoms with E-state index >= 15 is 0 Å². The van der Waals surface area contributed by atoms with Crippen LogP contribution in [0, 0.1) is 5.41 Å². The van der Waals surface area contributed by atoms with Crippen molar-refractivity contribution in [3.8, 4) is 0 Å². The van der Waals surface area contributed by atoms with Crippen molar-refractivity contribution in [3.63, 3.8) is 0 Å². The first-order valence-electron chi connectivity index (χ1n) is 9.54. The van der Waals surface area contributed by atoms with Gasteiger partial charge < -0.3 is 45.2 Å². The third kappa shape index (κ3) is 4.28. The number of hydrogen-bond donors (Lipinski definition) is 7. The molecule has 164 valence electrons. The second kappa shape index (κ2) is 8.25. The minimum absolute atomic E-state index is 0.00784. The van der Waals surface area contributed by atoms with Crippen LogP contribution in [0.1, 0.15) is 40.5 Å². The molecule has 1 saturated carbocycles. The number of aliphatic hydroxyl groups is 7. The molecule has 7 N–H and O–H groups in total. The molecular formula is C19H34O9. The highest BCUT2D eigenvalue weighted by Crippen LogP contribution is 2.51. The summed E-state index contributed by atoms with van der Waals surface area (Å²) < 4.78 is 11.2. The van der Waals surface area contributed by atoms with Crippen molar-refractivity contribution in [2.75, 3.05) is 6.61 Å². The Morgan fingerprint density at radius 2 is 1.68 bits per heavy atom. The molecule has 0 radical (unpaired) electrons. The number of rotatable bonds is 5. The highest BCUT2D eigenvalue weighted by atomic mass is 16.7. The lowest BCUT2D eigenvalue weighted by molar-refractivity contribution is -0.326. The molecule has 2 aliphatic rings. The summed E-state index contributed by atoms with van der Waals surface area (Å²) in [7, 11) is 0. The Hall–Kier alpha value is -0.620. The second-order valence-corrected chi connectivity index (χ2v) is 8.89. The van der Waals surface area contributed by atoms with E-state index in [4.69, 9.17) is 9.47 Å². The first-order chi connectivity index (χ1) is 12.8. The van der Waals surface area contributed by atoms with E-state index in [1.54, 1.807) is 13.8 Å². The van der Waals surface area contributed by atoms with E-state index in [-0.39, 0.29) is 12.8 Å². The summed E-state index contributed by atoms with van der Waals surface area (Å²) in [5.74, 6) is 0. The maximum Gasteiger partial charge on any atom is 0.186 e. The Bertz CT molecular complexity index is 540. The van der Waals surface area contributed by atoms with Crippen LogP contribution in [-0.2, 0) is 9.47 Å². The minimum Gasteiger partial charge on any atom is -0.394 e. The normalized spacial score (nSPS) is 48.0. The van der Waals surface area contributed by atoms with Crippen molar-refractivity contribution in [1.82, 2.24) is 0 Å². The zero-order valence-electron chi connectivity index (χ0n) is 16.8. The fraction of sp³-hybridized carbons (Fsp3) is 0.895. The van der Waals surface area contributed by atoms with Gasteiger partial charge in [0.15, 0.2) is 6.29 Å². The second-order valence-electron chi connectivity index (χ2n) is 8.89. The Kier molecular flexibility index (Phi) is 6.97. The fourth-order valence-electron chi connectivity index (χ4n) is 4.27. The van der Waals surface area contributed by atoms with Gasteiger partial charge in [-0.15, -0.1) is 0 Å². The largest absolute Gasteiger partial charge is 0.394 e. The van der Waals surface area contributed by atoms with Crippen LogP contribution in [0.2, 0.25) is 0 Å². The molecule has 0 aromatic carbocycles. The maximum atomic E-state index is 11.2. The molecule has 0 amide bonds. The van der Waals surface area contributed by atoms with Crippen LogP contribution in [-0.4, -0.2) is 96.5 Å². The molecule has 0 unspecified atom stereocenters. The molecule has 1 heterocycles. The predicted octanol–water partition coefficient (Wildman–Crippen LogP) is -1.59. The number of aliphatic hydroxyl groups excluding tert-OH is 5. The third-order valence-corrected chi connectivity index (χ3v) is 6.01.